The van der Waals surface area contributed by atoms with Crippen molar-refractivity contribution in [2.45, 2.75) is 47.1 Å². The van der Waals surface area contributed by atoms with Gasteiger partial charge in [-0.2, -0.15) is 0 Å². The Morgan fingerprint density at radius 1 is 1.08 bits per heavy atom. The van der Waals surface area contributed by atoms with Crippen molar-refractivity contribution in [2.75, 3.05) is 19.8 Å². The van der Waals surface area contributed by atoms with Crippen LogP contribution >= 0.6 is 0 Å². The summed E-state index contributed by atoms with van der Waals surface area (Å²) in [7, 11) is 0. The van der Waals surface area contributed by atoms with Crippen molar-refractivity contribution >= 4 is 11.9 Å². The van der Waals surface area contributed by atoms with Crippen LogP contribution in [-0.2, 0) is 19.1 Å². The monoisotopic (exact) mass is 352 g/mol. The van der Waals surface area contributed by atoms with Crippen molar-refractivity contribution in [1.29, 1.82) is 0 Å². The molecule has 1 saturated carbocycles. The van der Waals surface area contributed by atoms with Crippen molar-refractivity contribution in [2.24, 2.45) is 17.3 Å². The van der Waals surface area contributed by atoms with Gasteiger partial charge in [-0.05, 0) is 31.6 Å². The molecule has 0 aromatic rings. The fraction of sp³-hybridized carbons (Fsp3) is 0.684. The standard InChI is InChI=1S/C19H32N2O4/c1-6-24-16(22)8-10-20-13-15-18(14(3)12-19(15,4)5)21-11-9-17(23)25-7-2/h8-11,14-15,18,20-21H,6-7,12-13H2,1-5H3/b10-8+,11-9+. The maximum atomic E-state index is 11.4. The molecule has 1 fully saturated rings. The van der Waals surface area contributed by atoms with Gasteiger partial charge in [0.1, 0.15) is 0 Å². The molecule has 0 aliphatic heterocycles. The van der Waals surface area contributed by atoms with Crippen LogP contribution in [0.4, 0.5) is 0 Å². The van der Waals surface area contributed by atoms with Crippen molar-refractivity contribution in [3.63, 3.8) is 0 Å². The third-order valence-corrected chi connectivity index (χ3v) is 4.65. The summed E-state index contributed by atoms with van der Waals surface area (Å²) in [5, 5.41) is 6.56. The van der Waals surface area contributed by atoms with Crippen LogP contribution in [0.5, 0.6) is 0 Å². The first-order valence-corrected chi connectivity index (χ1v) is 8.97. The van der Waals surface area contributed by atoms with Gasteiger partial charge in [-0.1, -0.05) is 20.8 Å². The second-order valence-electron chi connectivity index (χ2n) is 7.05. The second-order valence-corrected chi connectivity index (χ2v) is 7.05. The van der Waals surface area contributed by atoms with E-state index in [-0.39, 0.29) is 23.4 Å². The van der Waals surface area contributed by atoms with E-state index in [2.05, 4.69) is 31.4 Å². The van der Waals surface area contributed by atoms with Crippen LogP contribution in [0.1, 0.15) is 41.0 Å². The Balaban J connectivity index is 2.62. The third-order valence-electron chi connectivity index (χ3n) is 4.65. The molecule has 3 unspecified atom stereocenters. The Hall–Kier alpha value is -1.98. The minimum absolute atomic E-state index is 0.152. The zero-order chi connectivity index (χ0) is 18.9. The third kappa shape index (κ3) is 6.80. The van der Waals surface area contributed by atoms with Crippen LogP contribution < -0.4 is 10.6 Å². The fourth-order valence-electron chi connectivity index (χ4n) is 3.60. The first-order chi connectivity index (χ1) is 11.8. The van der Waals surface area contributed by atoms with Crippen molar-refractivity contribution in [3.05, 3.63) is 24.6 Å². The number of carbonyl (C=O) groups excluding carboxylic acids is 2. The zero-order valence-electron chi connectivity index (χ0n) is 16.0. The maximum absolute atomic E-state index is 11.4. The Morgan fingerprint density at radius 3 is 2.20 bits per heavy atom. The van der Waals surface area contributed by atoms with E-state index in [0.29, 0.717) is 25.0 Å². The van der Waals surface area contributed by atoms with Gasteiger partial charge in [0.15, 0.2) is 0 Å². The molecule has 6 heteroatoms. The fourth-order valence-corrected chi connectivity index (χ4v) is 3.60. The number of nitrogens with one attached hydrogen (secondary N) is 2. The normalized spacial score (nSPS) is 25.2. The minimum atomic E-state index is -0.346. The number of ether oxygens (including phenoxy) is 2. The van der Waals surface area contributed by atoms with Gasteiger partial charge in [0.25, 0.3) is 0 Å². The van der Waals surface area contributed by atoms with E-state index in [9.17, 15) is 9.59 Å². The summed E-state index contributed by atoms with van der Waals surface area (Å²) in [6.45, 7) is 11.8. The molecule has 0 bridgehead atoms. The molecule has 1 aliphatic carbocycles. The molecule has 1 rings (SSSR count). The summed E-state index contributed by atoms with van der Waals surface area (Å²) in [5.74, 6) is 0.136. The molecule has 142 valence electrons. The van der Waals surface area contributed by atoms with Gasteiger partial charge in [0.2, 0.25) is 0 Å². The molecule has 0 radical (unpaired) electrons. The quantitative estimate of drug-likeness (QED) is 0.490. The Labute approximate surface area is 151 Å². The van der Waals surface area contributed by atoms with Gasteiger partial charge in [0, 0.05) is 43.1 Å². The molecule has 0 heterocycles. The summed E-state index contributed by atoms with van der Waals surface area (Å²) >= 11 is 0. The SMILES string of the molecule is CCOC(=O)/C=C/NCC1C(N/C=C/C(=O)OCC)C(C)CC1(C)C. The van der Waals surface area contributed by atoms with Gasteiger partial charge in [-0.25, -0.2) is 9.59 Å². The van der Waals surface area contributed by atoms with Gasteiger partial charge in [-0.15, -0.1) is 0 Å². The number of carbonyl (C=O) groups is 2. The highest BCUT2D eigenvalue weighted by Crippen LogP contribution is 2.45. The van der Waals surface area contributed by atoms with E-state index in [1.807, 2.05) is 0 Å². The second kappa shape index (κ2) is 10.1. The van der Waals surface area contributed by atoms with E-state index in [4.69, 9.17) is 9.47 Å². The van der Waals surface area contributed by atoms with Gasteiger partial charge < -0.3 is 20.1 Å². The number of hydrogen-bond acceptors (Lipinski definition) is 6. The van der Waals surface area contributed by atoms with E-state index >= 15 is 0 Å². The van der Waals surface area contributed by atoms with Crippen molar-refractivity contribution < 1.29 is 19.1 Å². The molecular weight excluding hydrogens is 320 g/mol. The lowest BCUT2D eigenvalue weighted by molar-refractivity contribution is -0.138. The van der Waals surface area contributed by atoms with Crippen LogP contribution in [0.25, 0.3) is 0 Å². The highest BCUT2D eigenvalue weighted by atomic mass is 16.5. The van der Waals surface area contributed by atoms with Crippen LogP contribution in [0, 0.1) is 17.3 Å². The summed E-state index contributed by atoms with van der Waals surface area (Å²) in [5.41, 5.74) is 0.152. The number of esters is 2. The summed E-state index contributed by atoms with van der Waals surface area (Å²) in [6, 6.07) is 0.240. The van der Waals surface area contributed by atoms with Gasteiger partial charge >= 0.3 is 11.9 Å². The smallest absolute Gasteiger partial charge is 0.332 e. The largest absolute Gasteiger partial charge is 0.463 e. The molecule has 6 nitrogen and oxygen atoms in total. The topological polar surface area (TPSA) is 76.7 Å². The molecule has 0 aromatic heterocycles. The van der Waals surface area contributed by atoms with Crippen LogP contribution in [0.2, 0.25) is 0 Å². The zero-order valence-corrected chi connectivity index (χ0v) is 16.0. The maximum Gasteiger partial charge on any atom is 0.332 e. The van der Waals surface area contributed by atoms with E-state index in [0.717, 1.165) is 13.0 Å². The molecule has 0 spiro atoms. The Bertz CT molecular complexity index is 500. The highest BCUT2D eigenvalue weighted by Gasteiger charge is 2.45. The number of rotatable bonds is 9. The minimum Gasteiger partial charge on any atom is -0.463 e. The molecular formula is C19H32N2O4. The average Bonchev–Trinajstić information content (AvgIpc) is 2.73. The number of hydrogen-bond donors (Lipinski definition) is 2. The van der Waals surface area contributed by atoms with E-state index in [1.54, 1.807) is 26.2 Å². The first kappa shape index (κ1) is 21.1. The lowest BCUT2D eigenvalue weighted by Gasteiger charge is -2.31. The summed E-state index contributed by atoms with van der Waals surface area (Å²) in [4.78, 5) is 22.7. The molecule has 3 atom stereocenters. The van der Waals surface area contributed by atoms with Crippen LogP contribution in [0.15, 0.2) is 24.6 Å². The van der Waals surface area contributed by atoms with Crippen molar-refractivity contribution in [1.82, 2.24) is 10.6 Å². The lowest BCUT2D eigenvalue weighted by atomic mass is 9.80. The summed E-state index contributed by atoms with van der Waals surface area (Å²) < 4.78 is 9.75. The van der Waals surface area contributed by atoms with Crippen molar-refractivity contribution in [3.8, 4) is 0 Å². The van der Waals surface area contributed by atoms with Crippen LogP contribution in [-0.4, -0.2) is 37.7 Å². The molecule has 25 heavy (non-hydrogen) atoms. The lowest BCUT2D eigenvalue weighted by Crippen LogP contribution is -2.41. The molecule has 0 aromatic carbocycles. The van der Waals surface area contributed by atoms with E-state index in [1.165, 1.54) is 12.2 Å². The average molecular weight is 352 g/mol. The summed E-state index contributed by atoms with van der Waals surface area (Å²) in [6.07, 6.45) is 7.24. The molecule has 1 aliphatic rings. The Morgan fingerprint density at radius 2 is 1.64 bits per heavy atom. The molecule has 2 N–H and O–H groups in total. The van der Waals surface area contributed by atoms with Gasteiger partial charge in [0.05, 0.1) is 13.2 Å². The Kier molecular flexibility index (Phi) is 8.52. The first-order valence-electron chi connectivity index (χ1n) is 8.97. The highest BCUT2D eigenvalue weighted by molar-refractivity contribution is 5.82. The van der Waals surface area contributed by atoms with Crippen LogP contribution in [0.3, 0.4) is 0 Å². The van der Waals surface area contributed by atoms with E-state index < -0.39 is 0 Å². The predicted octanol–water partition coefficient (Wildman–Crippen LogP) is 2.37. The molecule has 0 amide bonds. The molecule has 0 saturated heterocycles. The van der Waals surface area contributed by atoms with Gasteiger partial charge in [-0.3, -0.25) is 0 Å². The predicted molar refractivity (Wildman–Crippen MR) is 97.5 cm³/mol.